The third-order valence-corrected chi connectivity index (χ3v) is 3.98. The molecule has 5 heteroatoms. The molecule has 0 radical (unpaired) electrons. The van der Waals surface area contributed by atoms with Crippen LogP contribution >= 0.6 is 0 Å². The quantitative estimate of drug-likeness (QED) is 0.864. The lowest BCUT2D eigenvalue weighted by molar-refractivity contribution is -0.00279. The molecule has 0 spiro atoms. The Labute approximate surface area is 119 Å². The van der Waals surface area contributed by atoms with Gasteiger partial charge in [-0.25, -0.2) is 0 Å². The highest BCUT2D eigenvalue weighted by molar-refractivity contribution is 5.96. The van der Waals surface area contributed by atoms with Crippen LogP contribution in [0, 0.1) is 0 Å². The van der Waals surface area contributed by atoms with Gasteiger partial charge >= 0.3 is 0 Å². The Bertz CT molecular complexity index is 504. The highest BCUT2D eigenvalue weighted by atomic mass is 16.5. The number of anilines is 2. The lowest BCUT2D eigenvalue weighted by Gasteiger charge is -2.35. The van der Waals surface area contributed by atoms with E-state index in [1.165, 1.54) is 0 Å². The molecule has 0 aromatic heterocycles. The largest absolute Gasteiger partial charge is 0.382 e. The number of carbonyl (C=O) groups is 1. The van der Waals surface area contributed by atoms with Crippen molar-refractivity contribution in [3.8, 4) is 0 Å². The predicted octanol–water partition coefficient (Wildman–Crippen LogP) is 1.77. The Morgan fingerprint density at radius 1 is 1.35 bits per heavy atom. The standard InChI is InChI=1S/C15H21N3O2/c1-2-12-10-20-8-7-18(12)15(19)11-3-4-13-14(9-11)17-6-5-16-13/h3-4,9,12,16-17H,2,5-8,10H2,1H3. The summed E-state index contributed by atoms with van der Waals surface area (Å²) in [4.78, 5) is 14.6. The van der Waals surface area contributed by atoms with Crippen LogP contribution in [0.4, 0.5) is 11.4 Å². The van der Waals surface area contributed by atoms with Gasteiger partial charge in [-0.05, 0) is 24.6 Å². The van der Waals surface area contributed by atoms with Crippen LogP contribution in [0.1, 0.15) is 23.7 Å². The first kappa shape index (κ1) is 13.2. The van der Waals surface area contributed by atoms with Crippen molar-refractivity contribution in [2.75, 3.05) is 43.5 Å². The van der Waals surface area contributed by atoms with E-state index in [2.05, 4.69) is 17.6 Å². The van der Waals surface area contributed by atoms with Crippen LogP contribution in [-0.2, 0) is 4.74 Å². The molecule has 108 valence electrons. The van der Waals surface area contributed by atoms with E-state index in [-0.39, 0.29) is 11.9 Å². The van der Waals surface area contributed by atoms with Crippen molar-refractivity contribution in [3.63, 3.8) is 0 Å². The van der Waals surface area contributed by atoms with E-state index in [4.69, 9.17) is 4.74 Å². The molecule has 20 heavy (non-hydrogen) atoms. The second-order valence-corrected chi connectivity index (χ2v) is 5.25. The van der Waals surface area contributed by atoms with Crippen molar-refractivity contribution >= 4 is 17.3 Å². The second kappa shape index (κ2) is 5.71. The Morgan fingerprint density at radius 2 is 2.15 bits per heavy atom. The number of rotatable bonds is 2. The zero-order valence-corrected chi connectivity index (χ0v) is 11.8. The number of morpholine rings is 1. The number of hydrogen-bond acceptors (Lipinski definition) is 4. The summed E-state index contributed by atoms with van der Waals surface area (Å²) in [6.07, 6.45) is 0.927. The van der Waals surface area contributed by atoms with Crippen LogP contribution in [0.25, 0.3) is 0 Å². The van der Waals surface area contributed by atoms with Crippen molar-refractivity contribution in [1.82, 2.24) is 4.90 Å². The molecule has 2 N–H and O–H groups in total. The lowest BCUT2D eigenvalue weighted by atomic mass is 10.1. The third kappa shape index (κ3) is 2.45. The fourth-order valence-electron chi connectivity index (χ4n) is 2.80. The van der Waals surface area contributed by atoms with Crippen molar-refractivity contribution in [2.45, 2.75) is 19.4 Å². The van der Waals surface area contributed by atoms with E-state index in [1.807, 2.05) is 23.1 Å². The van der Waals surface area contributed by atoms with E-state index in [0.29, 0.717) is 19.8 Å². The van der Waals surface area contributed by atoms with Crippen molar-refractivity contribution in [3.05, 3.63) is 23.8 Å². The molecule has 0 saturated carbocycles. The fraction of sp³-hybridized carbons (Fsp3) is 0.533. The number of fused-ring (bicyclic) bond motifs is 1. The molecule has 1 atom stereocenters. The average Bonchev–Trinajstić information content (AvgIpc) is 2.53. The van der Waals surface area contributed by atoms with E-state index in [9.17, 15) is 4.79 Å². The predicted molar refractivity (Wildman–Crippen MR) is 79.4 cm³/mol. The molecule has 2 heterocycles. The molecule has 1 aromatic rings. The van der Waals surface area contributed by atoms with Gasteiger partial charge in [-0.15, -0.1) is 0 Å². The molecule has 1 unspecified atom stereocenters. The molecule has 2 aliphatic rings. The minimum Gasteiger partial charge on any atom is -0.382 e. The SMILES string of the molecule is CCC1COCCN1C(=O)c1ccc2c(c1)NCCN2. The molecule has 1 aromatic carbocycles. The fourth-order valence-corrected chi connectivity index (χ4v) is 2.80. The van der Waals surface area contributed by atoms with Gasteiger partial charge < -0.3 is 20.3 Å². The minimum absolute atomic E-state index is 0.107. The molecule has 0 aliphatic carbocycles. The van der Waals surface area contributed by atoms with Gasteiger partial charge in [0.1, 0.15) is 0 Å². The average molecular weight is 275 g/mol. The maximum absolute atomic E-state index is 12.7. The number of amides is 1. The Balaban J connectivity index is 1.82. The Hall–Kier alpha value is -1.75. The summed E-state index contributed by atoms with van der Waals surface area (Å²) < 4.78 is 5.46. The summed E-state index contributed by atoms with van der Waals surface area (Å²) in [5.74, 6) is 0.107. The summed E-state index contributed by atoms with van der Waals surface area (Å²) >= 11 is 0. The molecule has 2 aliphatic heterocycles. The van der Waals surface area contributed by atoms with E-state index >= 15 is 0 Å². The van der Waals surface area contributed by atoms with Crippen molar-refractivity contribution in [1.29, 1.82) is 0 Å². The summed E-state index contributed by atoms with van der Waals surface area (Å²) in [5, 5.41) is 6.65. The zero-order valence-electron chi connectivity index (χ0n) is 11.8. The maximum Gasteiger partial charge on any atom is 0.254 e. The maximum atomic E-state index is 12.7. The van der Waals surface area contributed by atoms with Gasteiger partial charge in [0.2, 0.25) is 0 Å². The highest BCUT2D eigenvalue weighted by Crippen LogP contribution is 2.26. The highest BCUT2D eigenvalue weighted by Gasteiger charge is 2.27. The van der Waals surface area contributed by atoms with Crippen LogP contribution in [0.3, 0.4) is 0 Å². The molecular formula is C15H21N3O2. The normalized spacial score (nSPS) is 21.6. The molecule has 1 fully saturated rings. The van der Waals surface area contributed by atoms with Gasteiger partial charge in [0.15, 0.2) is 0 Å². The number of nitrogens with one attached hydrogen (secondary N) is 2. The van der Waals surface area contributed by atoms with Gasteiger partial charge in [0, 0.05) is 25.2 Å². The van der Waals surface area contributed by atoms with Gasteiger partial charge in [-0.1, -0.05) is 6.92 Å². The van der Waals surface area contributed by atoms with Crippen LogP contribution in [-0.4, -0.2) is 49.7 Å². The van der Waals surface area contributed by atoms with Gasteiger partial charge in [0.25, 0.3) is 5.91 Å². The van der Waals surface area contributed by atoms with Gasteiger partial charge in [-0.3, -0.25) is 4.79 Å². The van der Waals surface area contributed by atoms with Crippen LogP contribution in [0.15, 0.2) is 18.2 Å². The molecule has 5 nitrogen and oxygen atoms in total. The number of benzene rings is 1. The van der Waals surface area contributed by atoms with Crippen LogP contribution in [0.2, 0.25) is 0 Å². The van der Waals surface area contributed by atoms with Crippen LogP contribution < -0.4 is 10.6 Å². The van der Waals surface area contributed by atoms with E-state index in [1.54, 1.807) is 0 Å². The Kier molecular flexibility index (Phi) is 3.78. The lowest BCUT2D eigenvalue weighted by Crippen LogP contribution is -2.48. The smallest absolute Gasteiger partial charge is 0.254 e. The first-order valence-corrected chi connectivity index (χ1v) is 7.30. The zero-order chi connectivity index (χ0) is 13.9. The third-order valence-electron chi connectivity index (χ3n) is 3.98. The first-order valence-electron chi connectivity index (χ1n) is 7.30. The van der Waals surface area contributed by atoms with Gasteiger partial charge in [0.05, 0.1) is 30.6 Å². The summed E-state index contributed by atoms with van der Waals surface area (Å²) in [5.41, 5.74) is 2.84. The van der Waals surface area contributed by atoms with E-state index in [0.717, 1.165) is 36.4 Å². The monoisotopic (exact) mass is 275 g/mol. The molecular weight excluding hydrogens is 254 g/mol. The second-order valence-electron chi connectivity index (χ2n) is 5.25. The molecule has 3 rings (SSSR count). The molecule has 1 saturated heterocycles. The summed E-state index contributed by atoms with van der Waals surface area (Å²) in [6, 6.07) is 6.03. The number of hydrogen-bond donors (Lipinski definition) is 2. The number of nitrogens with zero attached hydrogens (tertiary/aromatic N) is 1. The van der Waals surface area contributed by atoms with Crippen LogP contribution in [0.5, 0.6) is 0 Å². The topological polar surface area (TPSA) is 53.6 Å². The minimum atomic E-state index is 0.107. The number of ether oxygens (including phenoxy) is 1. The van der Waals surface area contributed by atoms with Crippen molar-refractivity contribution < 1.29 is 9.53 Å². The van der Waals surface area contributed by atoms with E-state index < -0.39 is 0 Å². The van der Waals surface area contributed by atoms with Gasteiger partial charge in [-0.2, -0.15) is 0 Å². The number of carbonyl (C=O) groups excluding carboxylic acids is 1. The molecule has 0 bridgehead atoms. The Morgan fingerprint density at radius 3 is 2.95 bits per heavy atom. The molecule has 1 amide bonds. The van der Waals surface area contributed by atoms with Crippen molar-refractivity contribution in [2.24, 2.45) is 0 Å². The summed E-state index contributed by atoms with van der Waals surface area (Å²) in [6.45, 7) is 5.86. The first-order chi connectivity index (χ1) is 9.79. The summed E-state index contributed by atoms with van der Waals surface area (Å²) in [7, 11) is 0.